The van der Waals surface area contributed by atoms with Gasteiger partial charge in [0.15, 0.2) is 5.09 Å². The Labute approximate surface area is 69.0 Å². The van der Waals surface area contributed by atoms with E-state index in [0.29, 0.717) is 0 Å². The van der Waals surface area contributed by atoms with Gasteiger partial charge in [-0.3, -0.25) is 0 Å². The zero-order valence-electron chi connectivity index (χ0n) is 5.87. The van der Waals surface area contributed by atoms with Crippen LogP contribution in [0.25, 0.3) is 0 Å². The highest BCUT2D eigenvalue weighted by Gasteiger charge is 1.94. The minimum atomic E-state index is 0.999. The molecule has 0 aromatic carbocycles. The molecule has 0 saturated carbocycles. The summed E-state index contributed by atoms with van der Waals surface area (Å²) < 4.78 is 5.12. The van der Waals surface area contributed by atoms with E-state index in [9.17, 15) is 0 Å². The molecule has 3 heteroatoms. The maximum absolute atomic E-state index is 5.12. The fourth-order valence-corrected chi connectivity index (χ4v) is 2.47. The highest BCUT2D eigenvalue weighted by molar-refractivity contribution is 8.76. The van der Waals surface area contributed by atoms with Gasteiger partial charge in [0.05, 0.1) is 6.26 Å². The molecule has 0 aliphatic carbocycles. The molecule has 0 aliphatic rings. The summed E-state index contributed by atoms with van der Waals surface area (Å²) in [6.45, 7) is 2.18. The van der Waals surface area contributed by atoms with Gasteiger partial charge in [-0.05, 0) is 29.3 Å². The molecule has 1 nitrogen and oxygen atoms in total. The molecule has 0 unspecified atom stereocenters. The summed E-state index contributed by atoms with van der Waals surface area (Å²) >= 11 is 0. The van der Waals surface area contributed by atoms with E-state index in [4.69, 9.17) is 4.42 Å². The van der Waals surface area contributed by atoms with Gasteiger partial charge >= 0.3 is 0 Å². The average Bonchev–Trinajstić information content (AvgIpc) is 2.41. The summed E-state index contributed by atoms with van der Waals surface area (Å²) in [5, 5.41) is 0.999. The normalized spacial score (nSPS) is 10.1. The van der Waals surface area contributed by atoms with Gasteiger partial charge in [-0.2, -0.15) is 0 Å². The molecule has 56 valence electrons. The Balaban J connectivity index is 2.15. The molecular weight excluding hydrogens is 164 g/mol. The third-order valence-electron chi connectivity index (χ3n) is 0.924. The first-order chi connectivity index (χ1) is 4.93. The van der Waals surface area contributed by atoms with Crippen LogP contribution in [0.1, 0.15) is 13.3 Å². The molecule has 1 heterocycles. The molecule has 0 saturated heterocycles. The summed E-state index contributed by atoms with van der Waals surface area (Å²) in [6.07, 6.45) is 2.92. The molecule has 1 aromatic heterocycles. The quantitative estimate of drug-likeness (QED) is 0.513. The third-order valence-corrected chi connectivity index (χ3v) is 3.36. The van der Waals surface area contributed by atoms with Gasteiger partial charge in [0.25, 0.3) is 0 Å². The Morgan fingerprint density at radius 3 is 3.10 bits per heavy atom. The maximum Gasteiger partial charge on any atom is 0.170 e. The number of hydrogen-bond donors (Lipinski definition) is 0. The minimum absolute atomic E-state index is 0.999. The van der Waals surface area contributed by atoms with Gasteiger partial charge in [-0.25, -0.2) is 0 Å². The van der Waals surface area contributed by atoms with Gasteiger partial charge in [-0.15, -0.1) is 0 Å². The Kier molecular flexibility index (Phi) is 3.83. The van der Waals surface area contributed by atoms with Crippen molar-refractivity contribution in [3.8, 4) is 0 Å². The summed E-state index contributed by atoms with van der Waals surface area (Å²) in [5.41, 5.74) is 0. The molecule has 10 heavy (non-hydrogen) atoms. The largest absolute Gasteiger partial charge is 0.457 e. The van der Waals surface area contributed by atoms with E-state index < -0.39 is 0 Å². The molecule has 0 N–H and O–H groups in total. The van der Waals surface area contributed by atoms with Crippen LogP contribution < -0.4 is 0 Å². The molecule has 0 spiro atoms. The average molecular weight is 174 g/mol. The van der Waals surface area contributed by atoms with Gasteiger partial charge in [0.1, 0.15) is 0 Å². The lowest BCUT2D eigenvalue weighted by molar-refractivity contribution is 0.476. The van der Waals surface area contributed by atoms with Crippen molar-refractivity contribution in [1.82, 2.24) is 0 Å². The van der Waals surface area contributed by atoms with Crippen LogP contribution in [0.4, 0.5) is 0 Å². The topological polar surface area (TPSA) is 13.1 Å². The van der Waals surface area contributed by atoms with Gasteiger partial charge in [0, 0.05) is 5.75 Å². The van der Waals surface area contributed by atoms with Crippen LogP contribution >= 0.6 is 21.6 Å². The molecule has 0 bridgehead atoms. The zero-order valence-corrected chi connectivity index (χ0v) is 7.50. The van der Waals surface area contributed by atoms with Crippen LogP contribution in [0.3, 0.4) is 0 Å². The van der Waals surface area contributed by atoms with E-state index >= 15 is 0 Å². The van der Waals surface area contributed by atoms with Crippen LogP contribution in [-0.2, 0) is 0 Å². The second kappa shape index (κ2) is 4.74. The predicted octanol–water partition coefficient (Wildman–Crippen LogP) is 3.43. The zero-order chi connectivity index (χ0) is 7.23. The van der Waals surface area contributed by atoms with Crippen molar-refractivity contribution < 1.29 is 4.42 Å². The van der Waals surface area contributed by atoms with Gasteiger partial charge < -0.3 is 4.42 Å². The second-order valence-corrected chi connectivity index (χ2v) is 4.26. The van der Waals surface area contributed by atoms with Crippen molar-refractivity contribution in [3.63, 3.8) is 0 Å². The summed E-state index contributed by atoms with van der Waals surface area (Å²) in [4.78, 5) is 0. The monoisotopic (exact) mass is 174 g/mol. The summed E-state index contributed by atoms with van der Waals surface area (Å²) in [6, 6.07) is 3.89. The Morgan fingerprint density at radius 2 is 2.50 bits per heavy atom. The second-order valence-electron chi connectivity index (χ2n) is 1.84. The van der Waals surface area contributed by atoms with E-state index in [1.807, 2.05) is 22.9 Å². The summed E-state index contributed by atoms with van der Waals surface area (Å²) in [7, 11) is 3.54. The Hall–Kier alpha value is -0.0200. The molecule has 0 aliphatic heterocycles. The summed E-state index contributed by atoms with van der Waals surface area (Å²) in [5.74, 6) is 1.19. The predicted molar refractivity (Wildman–Crippen MR) is 47.3 cm³/mol. The standard InChI is InChI=1S/C7H10OS2/c1-2-6-9-10-7-4-3-5-8-7/h3-5H,2,6H2,1H3. The first-order valence-corrected chi connectivity index (χ1v) is 5.58. The van der Waals surface area contributed by atoms with Gasteiger partial charge in [0.2, 0.25) is 0 Å². The lowest BCUT2D eigenvalue weighted by Gasteiger charge is -1.92. The van der Waals surface area contributed by atoms with Crippen molar-refractivity contribution in [1.29, 1.82) is 0 Å². The first-order valence-electron chi connectivity index (χ1n) is 3.26. The van der Waals surface area contributed by atoms with E-state index in [1.54, 1.807) is 17.1 Å². The third kappa shape index (κ3) is 2.71. The van der Waals surface area contributed by atoms with Crippen molar-refractivity contribution in [2.75, 3.05) is 5.75 Å². The fourth-order valence-electron chi connectivity index (χ4n) is 0.494. The van der Waals surface area contributed by atoms with Crippen LogP contribution in [0.15, 0.2) is 27.9 Å². The van der Waals surface area contributed by atoms with Crippen molar-refractivity contribution in [2.45, 2.75) is 18.4 Å². The molecule has 0 radical (unpaired) electrons. The number of hydrogen-bond acceptors (Lipinski definition) is 3. The molecule has 1 aromatic rings. The van der Waals surface area contributed by atoms with Crippen molar-refractivity contribution in [3.05, 3.63) is 18.4 Å². The first kappa shape index (κ1) is 8.08. The van der Waals surface area contributed by atoms with E-state index in [-0.39, 0.29) is 0 Å². The Morgan fingerprint density at radius 1 is 1.60 bits per heavy atom. The Bertz CT molecular complexity index is 160. The lowest BCUT2D eigenvalue weighted by atomic mass is 10.6. The fraction of sp³-hybridized carbons (Fsp3) is 0.429. The SMILES string of the molecule is CCCSSc1ccco1. The van der Waals surface area contributed by atoms with Crippen LogP contribution in [0.5, 0.6) is 0 Å². The van der Waals surface area contributed by atoms with E-state index in [1.165, 1.54) is 12.2 Å². The molecule has 1 rings (SSSR count). The van der Waals surface area contributed by atoms with Crippen molar-refractivity contribution in [2.24, 2.45) is 0 Å². The minimum Gasteiger partial charge on any atom is -0.457 e. The lowest BCUT2D eigenvalue weighted by Crippen LogP contribution is -1.66. The van der Waals surface area contributed by atoms with Gasteiger partial charge in [-0.1, -0.05) is 17.7 Å². The smallest absolute Gasteiger partial charge is 0.170 e. The molecule has 0 amide bonds. The van der Waals surface area contributed by atoms with Crippen molar-refractivity contribution >= 4 is 21.6 Å². The molecular formula is C7H10OS2. The van der Waals surface area contributed by atoms with Crippen LogP contribution in [0.2, 0.25) is 0 Å². The number of rotatable bonds is 4. The van der Waals surface area contributed by atoms with Crippen LogP contribution in [-0.4, -0.2) is 5.75 Å². The van der Waals surface area contributed by atoms with Crippen LogP contribution in [0, 0.1) is 0 Å². The van der Waals surface area contributed by atoms with E-state index in [0.717, 1.165) is 5.09 Å². The highest BCUT2D eigenvalue weighted by Crippen LogP contribution is 2.31. The number of furan rings is 1. The van der Waals surface area contributed by atoms with E-state index in [2.05, 4.69) is 6.92 Å². The highest BCUT2D eigenvalue weighted by atomic mass is 33.1. The molecule has 0 fully saturated rings. The maximum atomic E-state index is 5.12. The molecule has 0 atom stereocenters.